The van der Waals surface area contributed by atoms with E-state index in [1.165, 1.54) is 6.42 Å². The number of carbonyl (C=O) groups excluding carboxylic acids is 1. The molecule has 17 heavy (non-hydrogen) atoms. The zero-order valence-electron chi connectivity index (χ0n) is 10.4. The first-order chi connectivity index (χ1) is 8.11. The van der Waals surface area contributed by atoms with Crippen molar-refractivity contribution in [3.05, 3.63) is 18.2 Å². The summed E-state index contributed by atoms with van der Waals surface area (Å²) < 4.78 is 1.93. The summed E-state index contributed by atoms with van der Waals surface area (Å²) >= 11 is 0. The highest BCUT2D eigenvalue weighted by atomic mass is 16.1. The van der Waals surface area contributed by atoms with Crippen LogP contribution in [0.15, 0.2) is 12.5 Å². The zero-order valence-corrected chi connectivity index (χ0v) is 10.4. The van der Waals surface area contributed by atoms with Gasteiger partial charge in [-0.25, -0.2) is 4.98 Å². The van der Waals surface area contributed by atoms with E-state index in [0.717, 1.165) is 18.7 Å². The van der Waals surface area contributed by atoms with E-state index in [2.05, 4.69) is 10.3 Å². The van der Waals surface area contributed by atoms with Crippen molar-refractivity contribution < 1.29 is 4.79 Å². The molecule has 1 saturated heterocycles. The van der Waals surface area contributed by atoms with Crippen LogP contribution in [0.5, 0.6) is 0 Å². The second-order valence-electron chi connectivity index (χ2n) is 4.97. The lowest BCUT2D eigenvalue weighted by molar-refractivity contribution is -0.122. The SMILES string of the molecule is CC(C)C(C(N)=O)n1cncc1[C@@H]1CCCN1. The van der Waals surface area contributed by atoms with Crippen LogP contribution >= 0.6 is 0 Å². The molecule has 0 spiro atoms. The van der Waals surface area contributed by atoms with Crippen LogP contribution in [0, 0.1) is 5.92 Å². The number of primary amides is 1. The maximum atomic E-state index is 11.6. The van der Waals surface area contributed by atoms with E-state index >= 15 is 0 Å². The fourth-order valence-electron chi connectivity index (χ4n) is 2.54. The predicted molar refractivity (Wildman–Crippen MR) is 65.3 cm³/mol. The van der Waals surface area contributed by atoms with E-state index in [-0.39, 0.29) is 17.9 Å². The van der Waals surface area contributed by atoms with E-state index < -0.39 is 0 Å². The average Bonchev–Trinajstić information content (AvgIpc) is 2.84. The average molecular weight is 236 g/mol. The third-order valence-electron chi connectivity index (χ3n) is 3.34. The van der Waals surface area contributed by atoms with Crippen LogP contribution in [-0.2, 0) is 4.79 Å². The van der Waals surface area contributed by atoms with Crippen molar-refractivity contribution in [3.8, 4) is 0 Å². The van der Waals surface area contributed by atoms with Gasteiger partial charge in [0, 0.05) is 12.2 Å². The highest BCUT2D eigenvalue weighted by Crippen LogP contribution is 2.27. The summed E-state index contributed by atoms with van der Waals surface area (Å²) in [5.41, 5.74) is 6.56. The van der Waals surface area contributed by atoms with Crippen LogP contribution in [0.25, 0.3) is 0 Å². The summed E-state index contributed by atoms with van der Waals surface area (Å²) in [5.74, 6) is -0.126. The number of carbonyl (C=O) groups is 1. The van der Waals surface area contributed by atoms with Crippen LogP contribution in [0.3, 0.4) is 0 Å². The van der Waals surface area contributed by atoms with Gasteiger partial charge in [-0.3, -0.25) is 4.79 Å². The van der Waals surface area contributed by atoms with Crippen molar-refractivity contribution in [1.82, 2.24) is 14.9 Å². The van der Waals surface area contributed by atoms with Gasteiger partial charge >= 0.3 is 0 Å². The van der Waals surface area contributed by atoms with Gasteiger partial charge in [-0.05, 0) is 25.3 Å². The number of nitrogens with one attached hydrogen (secondary N) is 1. The molecular formula is C12H20N4O. The van der Waals surface area contributed by atoms with Crippen molar-refractivity contribution in [1.29, 1.82) is 0 Å². The van der Waals surface area contributed by atoms with Crippen LogP contribution in [0.2, 0.25) is 0 Å². The molecule has 5 heteroatoms. The Labute approximate surface area is 101 Å². The van der Waals surface area contributed by atoms with Gasteiger partial charge in [0.2, 0.25) is 5.91 Å². The van der Waals surface area contributed by atoms with E-state index in [1.807, 2.05) is 24.6 Å². The Kier molecular flexibility index (Phi) is 3.47. The highest BCUT2D eigenvalue weighted by molar-refractivity contribution is 5.78. The summed E-state index contributed by atoms with van der Waals surface area (Å²) in [4.78, 5) is 15.7. The van der Waals surface area contributed by atoms with Gasteiger partial charge in [0.15, 0.2) is 0 Å². The lowest BCUT2D eigenvalue weighted by atomic mass is 10.0. The van der Waals surface area contributed by atoms with Gasteiger partial charge in [0.25, 0.3) is 0 Å². The number of aromatic nitrogens is 2. The maximum absolute atomic E-state index is 11.6. The van der Waals surface area contributed by atoms with Gasteiger partial charge in [-0.2, -0.15) is 0 Å². The molecule has 94 valence electrons. The van der Waals surface area contributed by atoms with Crippen molar-refractivity contribution in [2.75, 3.05) is 6.54 Å². The molecule has 1 unspecified atom stereocenters. The monoisotopic (exact) mass is 236 g/mol. The Morgan fingerprint density at radius 2 is 2.41 bits per heavy atom. The molecule has 2 atom stereocenters. The quantitative estimate of drug-likeness (QED) is 0.818. The summed E-state index contributed by atoms with van der Waals surface area (Å²) in [6, 6.07) is -0.00648. The molecular weight excluding hydrogens is 216 g/mol. The highest BCUT2D eigenvalue weighted by Gasteiger charge is 2.27. The van der Waals surface area contributed by atoms with E-state index in [4.69, 9.17) is 5.73 Å². The molecule has 0 bridgehead atoms. The third kappa shape index (κ3) is 2.34. The smallest absolute Gasteiger partial charge is 0.240 e. The molecule has 1 aliphatic heterocycles. The number of nitrogens with zero attached hydrogens (tertiary/aromatic N) is 2. The molecule has 2 heterocycles. The first-order valence-corrected chi connectivity index (χ1v) is 6.15. The van der Waals surface area contributed by atoms with Crippen LogP contribution in [0.1, 0.15) is 44.5 Å². The lowest BCUT2D eigenvalue weighted by Gasteiger charge is -2.23. The number of hydrogen-bond donors (Lipinski definition) is 2. The summed E-state index contributed by atoms with van der Waals surface area (Å²) in [6.45, 7) is 5.03. The zero-order chi connectivity index (χ0) is 12.4. The lowest BCUT2D eigenvalue weighted by Crippen LogP contribution is -2.32. The minimum atomic E-state index is -0.310. The third-order valence-corrected chi connectivity index (χ3v) is 3.34. The van der Waals surface area contributed by atoms with E-state index in [9.17, 15) is 4.79 Å². The van der Waals surface area contributed by atoms with Crippen molar-refractivity contribution in [2.45, 2.75) is 38.8 Å². The molecule has 5 nitrogen and oxygen atoms in total. The predicted octanol–water partition coefficient (Wildman–Crippen LogP) is 0.990. The fourth-order valence-corrected chi connectivity index (χ4v) is 2.54. The Balaban J connectivity index is 2.30. The summed E-state index contributed by atoms with van der Waals surface area (Å²) in [7, 11) is 0. The topological polar surface area (TPSA) is 72.9 Å². The number of rotatable bonds is 4. The van der Waals surface area contributed by atoms with Gasteiger partial charge in [-0.1, -0.05) is 13.8 Å². The van der Waals surface area contributed by atoms with Crippen molar-refractivity contribution in [2.24, 2.45) is 11.7 Å². The Hall–Kier alpha value is -1.36. The number of hydrogen-bond acceptors (Lipinski definition) is 3. The minimum Gasteiger partial charge on any atom is -0.368 e. The molecule has 1 fully saturated rings. The molecule has 1 aromatic rings. The molecule has 1 aromatic heterocycles. The van der Waals surface area contributed by atoms with Gasteiger partial charge in [0.1, 0.15) is 6.04 Å². The second kappa shape index (κ2) is 4.87. The number of imidazole rings is 1. The number of amides is 1. The Morgan fingerprint density at radius 1 is 1.65 bits per heavy atom. The summed E-state index contributed by atoms with van der Waals surface area (Å²) in [6.07, 6.45) is 5.81. The van der Waals surface area contributed by atoms with Crippen molar-refractivity contribution in [3.63, 3.8) is 0 Å². The van der Waals surface area contributed by atoms with E-state index in [0.29, 0.717) is 6.04 Å². The molecule has 3 N–H and O–H groups in total. The Morgan fingerprint density at radius 3 is 2.94 bits per heavy atom. The normalized spacial score (nSPS) is 21.9. The largest absolute Gasteiger partial charge is 0.368 e. The van der Waals surface area contributed by atoms with Crippen LogP contribution < -0.4 is 11.1 Å². The van der Waals surface area contributed by atoms with Gasteiger partial charge < -0.3 is 15.6 Å². The van der Waals surface area contributed by atoms with Crippen LogP contribution in [-0.4, -0.2) is 22.0 Å². The van der Waals surface area contributed by atoms with Gasteiger partial charge in [-0.15, -0.1) is 0 Å². The minimum absolute atomic E-state index is 0.168. The van der Waals surface area contributed by atoms with Crippen molar-refractivity contribution >= 4 is 5.91 Å². The molecule has 0 aliphatic carbocycles. The first kappa shape index (κ1) is 12.1. The number of nitrogens with two attached hydrogens (primary N) is 1. The second-order valence-corrected chi connectivity index (χ2v) is 4.97. The maximum Gasteiger partial charge on any atom is 0.240 e. The fraction of sp³-hybridized carbons (Fsp3) is 0.667. The molecule has 0 aromatic carbocycles. The van der Waals surface area contributed by atoms with Crippen LogP contribution in [0.4, 0.5) is 0 Å². The Bertz CT molecular complexity index is 393. The molecule has 0 radical (unpaired) electrons. The standard InChI is InChI=1S/C12H20N4O/c1-8(2)11(12(13)17)16-7-14-6-10(16)9-4-3-5-15-9/h6-9,11,15H,3-5H2,1-2H3,(H2,13,17)/t9-,11?/m0/s1. The first-order valence-electron chi connectivity index (χ1n) is 6.15. The van der Waals surface area contributed by atoms with Gasteiger partial charge in [0.05, 0.1) is 12.0 Å². The molecule has 1 amide bonds. The molecule has 1 aliphatic rings. The molecule has 0 saturated carbocycles. The molecule has 2 rings (SSSR count). The van der Waals surface area contributed by atoms with E-state index in [1.54, 1.807) is 6.33 Å². The summed E-state index contributed by atoms with van der Waals surface area (Å²) in [5, 5.41) is 3.42.